The molecule has 0 bridgehead atoms. The smallest absolute Gasteiger partial charge is 0.263 e. The van der Waals surface area contributed by atoms with Crippen LogP contribution in [0.25, 0.3) is 10.9 Å². The average molecular weight is 516 g/mol. The molecule has 0 saturated carbocycles. The van der Waals surface area contributed by atoms with Crippen molar-refractivity contribution in [2.75, 3.05) is 45.2 Å². The lowest BCUT2D eigenvalue weighted by atomic mass is 10.1. The number of aliphatic hydroxyl groups is 1. The first kappa shape index (κ1) is 25.9. The summed E-state index contributed by atoms with van der Waals surface area (Å²) in [6.45, 7) is 3.64. The van der Waals surface area contributed by atoms with Crippen molar-refractivity contribution < 1.29 is 19.4 Å². The predicted molar refractivity (Wildman–Crippen MR) is 138 cm³/mol. The van der Waals surface area contributed by atoms with Gasteiger partial charge in [-0.25, -0.2) is 4.98 Å². The van der Waals surface area contributed by atoms with Gasteiger partial charge in [-0.15, -0.1) is 12.4 Å². The minimum Gasteiger partial charge on any atom is -0.497 e. The molecule has 0 radical (unpaired) electrons. The molecule has 0 unspecified atom stereocenters. The molecule has 10 nitrogen and oxygen atoms in total. The fourth-order valence-electron chi connectivity index (χ4n) is 4.68. The zero-order valence-corrected chi connectivity index (χ0v) is 20.8. The molecule has 2 atom stereocenters. The van der Waals surface area contributed by atoms with Crippen molar-refractivity contribution in [2.45, 2.75) is 19.2 Å². The van der Waals surface area contributed by atoms with Crippen LogP contribution in [0, 0.1) is 5.92 Å². The Kier molecular flexibility index (Phi) is 8.10. The summed E-state index contributed by atoms with van der Waals surface area (Å²) in [7, 11) is 1.61. The van der Waals surface area contributed by atoms with E-state index < -0.39 is 6.10 Å². The molecule has 192 valence electrons. The van der Waals surface area contributed by atoms with Crippen LogP contribution in [0.5, 0.6) is 11.5 Å². The van der Waals surface area contributed by atoms with Crippen LogP contribution >= 0.6 is 12.4 Å². The molecule has 4 heterocycles. The van der Waals surface area contributed by atoms with Crippen LogP contribution in [0.2, 0.25) is 0 Å². The van der Waals surface area contributed by atoms with Crippen LogP contribution in [0.15, 0.2) is 47.3 Å². The summed E-state index contributed by atoms with van der Waals surface area (Å²) in [4.78, 5) is 30.7. The Hall–Kier alpha value is -3.18. The van der Waals surface area contributed by atoms with Crippen LogP contribution in [0.4, 0.5) is 5.82 Å². The molecule has 2 aliphatic rings. The Morgan fingerprint density at radius 1 is 1.17 bits per heavy atom. The number of methoxy groups -OCH3 is 1. The van der Waals surface area contributed by atoms with E-state index >= 15 is 0 Å². The van der Waals surface area contributed by atoms with E-state index in [0.29, 0.717) is 50.0 Å². The van der Waals surface area contributed by atoms with Crippen molar-refractivity contribution in [1.29, 1.82) is 0 Å². The Balaban J connectivity index is 0.00000304. The quantitative estimate of drug-likeness (QED) is 0.410. The summed E-state index contributed by atoms with van der Waals surface area (Å²) in [6, 6.07) is 12.8. The van der Waals surface area contributed by atoms with Gasteiger partial charge < -0.3 is 29.8 Å². The molecule has 2 aromatic heterocycles. The zero-order chi connectivity index (χ0) is 24.4. The standard InChI is InChI=1S/C25H29N5O5.ClH/c1-34-19-5-2-16-3-7-24(33)30(20(16)10-19)9-8-29-13-17(21(31)14-29)11-26-12-18-4-6-22-25(27-18)28-23(32)15-35-22;/h2-7,10,17,21,26,31H,8-9,11-15H2,1H3,(H,27,28,32);1H/t17-,21+;/m0./s1. The van der Waals surface area contributed by atoms with E-state index in [1.807, 2.05) is 30.3 Å². The van der Waals surface area contributed by atoms with Gasteiger partial charge >= 0.3 is 0 Å². The SMILES string of the molecule is COc1ccc2ccc(=O)n(CCN3C[C@H](CNCc4ccc5c(n4)NC(=O)CO5)[C@H](O)C3)c2c1.Cl. The number of rotatable bonds is 8. The van der Waals surface area contributed by atoms with Gasteiger partial charge in [-0.1, -0.05) is 0 Å². The summed E-state index contributed by atoms with van der Waals surface area (Å²) in [5, 5.41) is 17.6. The molecule has 0 spiro atoms. The number of aliphatic hydroxyl groups excluding tert-OH is 1. The van der Waals surface area contributed by atoms with Gasteiger partial charge in [0.1, 0.15) is 5.75 Å². The van der Waals surface area contributed by atoms with Crippen LogP contribution in [-0.2, 0) is 17.9 Å². The normalized spacial score (nSPS) is 19.3. The van der Waals surface area contributed by atoms with E-state index in [0.717, 1.165) is 23.1 Å². The Morgan fingerprint density at radius 2 is 2.00 bits per heavy atom. The summed E-state index contributed by atoms with van der Waals surface area (Å²) in [5.41, 5.74) is 1.57. The van der Waals surface area contributed by atoms with E-state index in [-0.39, 0.29) is 36.4 Å². The largest absolute Gasteiger partial charge is 0.497 e. The Morgan fingerprint density at radius 3 is 2.83 bits per heavy atom. The Bertz CT molecular complexity index is 1300. The number of hydrogen-bond donors (Lipinski definition) is 3. The van der Waals surface area contributed by atoms with E-state index in [9.17, 15) is 14.7 Å². The van der Waals surface area contributed by atoms with E-state index in [4.69, 9.17) is 9.47 Å². The predicted octanol–water partition coefficient (Wildman–Crippen LogP) is 1.24. The number of fused-ring (bicyclic) bond motifs is 2. The van der Waals surface area contributed by atoms with Crippen molar-refractivity contribution >= 4 is 35.0 Å². The second-order valence-corrected chi connectivity index (χ2v) is 8.95. The highest BCUT2D eigenvalue weighted by Gasteiger charge is 2.30. The molecule has 1 aromatic carbocycles. The second-order valence-electron chi connectivity index (χ2n) is 8.95. The molecular weight excluding hydrogens is 486 g/mol. The monoisotopic (exact) mass is 515 g/mol. The fraction of sp³-hybridized carbons (Fsp3) is 0.400. The molecule has 2 aliphatic heterocycles. The molecule has 1 saturated heterocycles. The number of benzene rings is 1. The molecule has 3 aromatic rings. The highest BCUT2D eigenvalue weighted by molar-refractivity contribution is 5.94. The van der Waals surface area contributed by atoms with Gasteiger partial charge in [0.05, 0.1) is 24.4 Å². The number of aromatic nitrogens is 2. The number of amides is 1. The van der Waals surface area contributed by atoms with Gasteiger partial charge in [0, 0.05) is 57.3 Å². The number of carbonyl (C=O) groups excluding carboxylic acids is 1. The van der Waals surface area contributed by atoms with E-state index in [1.54, 1.807) is 23.8 Å². The van der Waals surface area contributed by atoms with Gasteiger partial charge in [0.25, 0.3) is 11.5 Å². The lowest BCUT2D eigenvalue weighted by Gasteiger charge is -2.19. The van der Waals surface area contributed by atoms with Crippen molar-refractivity contribution in [3.63, 3.8) is 0 Å². The van der Waals surface area contributed by atoms with Gasteiger partial charge in [-0.05, 0) is 35.7 Å². The molecule has 3 N–H and O–H groups in total. The molecule has 36 heavy (non-hydrogen) atoms. The minimum absolute atomic E-state index is 0. The van der Waals surface area contributed by atoms with Crippen LogP contribution in [0.1, 0.15) is 5.69 Å². The van der Waals surface area contributed by atoms with Crippen molar-refractivity contribution in [1.82, 2.24) is 19.8 Å². The topological polar surface area (TPSA) is 118 Å². The first-order valence-electron chi connectivity index (χ1n) is 11.7. The summed E-state index contributed by atoms with van der Waals surface area (Å²) < 4.78 is 12.4. The lowest BCUT2D eigenvalue weighted by molar-refractivity contribution is -0.118. The first-order chi connectivity index (χ1) is 17.0. The lowest BCUT2D eigenvalue weighted by Crippen LogP contribution is -2.31. The van der Waals surface area contributed by atoms with Gasteiger partial charge in [0.2, 0.25) is 0 Å². The van der Waals surface area contributed by atoms with Crippen LogP contribution < -0.4 is 25.7 Å². The minimum atomic E-state index is -0.448. The number of carbonyl (C=O) groups is 1. The summed E-state index contributed by atoms with van der Waals surface area (Å²) in [5.74, 6) is 1.57. The molecular formula is C25H30ClN5O5. The average Bonchev–Trinajstić information content (AvgIpc) is 3.21. The number of hydrogen-bond acceptors (Lipinski definition) is 8. The number of anilines is 1. The van der Waals surface area contributed by atoms with Crippen LogP contribution in [-0.4, -0.2) is 71.5 Å². The summed E-state index contributed by atoms with van der Waals surface area (Å²) in [6.07, 6.45) is -0.448. The fourth-order valence-corrected chi connectivity index (χ4v) is 4.68. The molecule has 5 rings (SSSR count). The van der Waals surface area contributed by atoms with Crippen LogP contribution in [0.3, 0.4) is 0 Å². The van der Waals surface area contributed by atoms with Crippen molar-refractivity contribution in [2.24, 2.45) is 5.92 Å². The number of likely N-dealkylation sites (tertiary alicyclic amines) is 1. The maximum Gasteiger partial charge on any atom is 0.263 e. The molecule has 1 amide bonds. The van der Waals surface area contributed by atoms with E-state index in [1.165, 1.54) is 0 Å². The number of ether oxygens (including phenoxy) is 2. The van der Waals surface area contributed by atoms with Crippen molar-refractivity contribution in [3.8, 4) is 11.5 Å². The van der Waals surface area contributed by atoms with Gasteiger partial charge in [0.15, 0.2) is 18.2 Å². The number of halogens is 1. The molecule has 11 heteroatoms. The highest BCUT2D eigenvalue weighted by Crippen LogP contribution is 2.25. The maximum atomic E-state index is 12.6. The third-order valence-corrected chi connectivity index (χ3v) is 6.57. The number of β-amino-alcohol motifs (C(OH)–C–C–N with tert-alkyl or cyclic N) is 1. The number of nitrogens with zero attached hydrogens (tertiary/aromatic N) is 3. The third kappa shape index (κ3) is 5.62. The Labute approximate surface area is 214 Å². The number of pyridine rings is 2. The summed E-state index contributed by atoms with van der Waals surface area (Å²) >= 11 is 0. The first-order valence-corrected chi connectivity index (χ1v) is 11.7. The van der Waals surface area contributed by atoms with Crippen molar-refractivity contribution in [3.05, 3.63) is 58.5 Å². The molecule has 1 fully saturated rings. The van der Waals surface area contributed by atoms with E-state index in [2.05, 4.69) is 20.5 Å². The highest BCUT2D eigenvalue weighted by atomic mass is 35.5. The maximum absolute atomic E-state index is 12.6. The second kappa shape index (κ2) is 11.3. The zero-order valence-electron chi connectivity index (χ0n) is 20.0. The van der Waals surface area contributed by atoms with Gasteiger partial charge in [-0.2, -0.15) is 0 Å². The third-order valence-electron chi connectivity index (χ3n) is 6.57. The van der Waals surface area contributed by atoms with Gasteiger partial charge in [-0.3, -0.25) is 14.5 Å². The molecule has 0 aliphatic carbocycles. The number of nitrogens with one attached hydrogen (secondary N) is 2.